The molecule has 5 heteroatoms. The first-order valence-electron chi connectivity index (χ1n) is 6.14. The fourth-order valence-electron chi connectivity index (χ4n) is 2.97. The number of benzene rings is 1. The highest BCUT2D eigenvalue weighted by Gasteiger charge is 2.51. The van der Waals surface area contributed by atoms with E-state index in [-0.39, 0.29) is 17.1 Å². The van der Waals surface area contributed by atoms with Crippen molar-refractivity contribution >= 4 is 15.6 Å². The number of hydrogen-bond acceptors (Lipinski definition) is 4. The minimum absolute atomic E-state index is 0.0517. The molecule has 0 aromatic heterocycles. The molecule has 1 fully saturated rings. The Hall–Kier alpha value is -1.20. The summed E-state index contributed by atoms with van der Waals surface area (Å²) in [7, 11) is -3.42. The summed E-state index contributed by atoms with van der Waals surface area (Å²) >= 11 is 0. The summed E-state index contributed by atoms with van der Waals surface area (Å²) in [6, 6.07) is 6.55. The van der Waals surface area contributed by atoms with Gasteiger partial charge in [0, 0.05) is 18.5 Å². The van der Waals surface area contributed by atoms with Gasteiger partial charge in [0.15, 0.2) is 15.6 Å². The van der Waals surface area contributed by atoms with Gasteiger partial charge in [0.2, 0.25) is 0 Å². The molecule has 0 aliphatic carbocycles. The Morgan fingerprint density at radius 2 is 2.00 bits per heavy atom. The van der Waals surface area contributed by atoms with Crippen LogP contribution in [0.25, 0.3) is 0 Å². The Bertz CT molecular complexity index is 600. The molecule has 0 saturated carbocycles. The van der Waals surface area contributed by atoms with Crippen LogP contribution in [-0.4, -0.2) is 32.0 Å². The van der Waals surface area contributed by atoms with Gasteiger partial charge in [-0.25, -0.2) is 8.42 Å². The van der Waals surface area contributed by atoms with Crippen molar-refractivity contribution in [3.8, 4) is 0 Å². The second kappa shape index (κ2) is 3.90. The van der Waals surface area contributed by atoms with Gasteiger partial charge in [0.25, 0.3) is 0 Å². The van der Waals surface area contributed by atoms with Crippen molar-refractivity contribution in [3.05, 3.63) is 29.8 Å². The van der Waals surface area contributed by atoms with Crippen LogP contribution in [0.5, 0.6) is 0 Å². The SMILES string of the molecule is O=C1CC2(CCCNC2)S(=O)(=O)c2ccccc21. The maximum Gasteiger partial charge on any atom is 0.186 e. The van der Waals surface area contributed by atoms with Crippen molar-refractivity contribution in [3.63, 3.8) is 0 Å². The molecule has 18 heavy (non-hydrogen) atoms. The van der Waals surface area contributed by atoms with Gasteiger partial charge >= 0.3 is 0 Å². The number of ketones is 1. The minimum Gasteiger partial charge on any atom is -0.315 e. The van der Waals surface area contributed by atoms with Crippen LogP contribution in [0, 0.1) is 0 Å². The molecule has 1 aromatic rings. The van der Waals surface area contributed by atoms with E-state index in [2.05, 4.69) is 5.32 Å². The zero-order valence-corrected chi connectivity index (χ0v) is 10.8. The number of nitrogens with one attached hydrogen (secondary N) is 1. The van der Waals surface area contributed by atoms with E-state index in [0.717, 1.165) is 13.0 Å². The third kappa shape index (κ3) is 1.47. The predicted octanol–water partition coefficient (Wildman–Crippen LogP) is 1.17. The Labute approximate surface area is 106 Å². The molecule has 2 heterocycles. The number of sulfone groups is 1. The lowest BCUT2D eigenvalue weighted by Crippen LogP contribution is -2.54. The van der Waals surface area contributed by atoms with Crippen LogP contribution < -0.4 is 5.32 Å². The van der Waals surface area contributed by atoms with Gasteiger partial charge in [-0.2, -0.15) is 0 Å². The smallest absolute Gasteiger partial charge is 0.186 e. The van der Waals surface area contributed by atoms with Crippen LogP contribution in [0.3, 0.4) is 0 Å². The number of piperidine rings is 1. The molecule has 1 atom stereocenters. The summed E-state index contributed by atoms with van der Waals surface area (Å²) in [6.07, 6.45) is 1.48. The average molecular weight is 265 g/mol. The standard InChI is InChI=1S/C13H15NO3S/c15-11-8-13(6-3-7-14-9-13)18(16,17)12-5-2-1-4-10(11)12/h1-2,4-5,14H,3,6-9H2. The molecule has 1 unspecified atom stereocenters. The number of Topliss-reactive ketones (excluding diaryl/α,β-unsaturated/α-hetero) is 1. The van der Waals surface area contributed by atoms with E-state index >= 15 is 0 Å². The zero-order valence-electron chi connectivity index (χ0n) is 9.98. The first kappa shape index (κ1) is 11.9. The summed E-state index contributed by atoms with van der Waals surface area (Å²) in [5.74, 6) is -0.0517. The van der Waals surface area contributed by atoms with E-state index in [1.807, 2.05) is 0 Å². The molecule has 3 rings (SSSR count). The maximum absolute atomic E-state index is 12.7. The molecule has 2 aliphatic rings. The lowest BCUT2D eigenvalue weighted by molar-refractivity contribution is 0.0951. The largest absolute Gasteiger partial charge is 0.315 e. The van der Waals surface area contributed by atoms with Crippen LogP contribution in [0.1, 0.15) is 29.6 Å². The molecule has 4 nitrogen and oxygen atoms in total. The molecular weight excluding hydrogens is 250 g/mol. The maximum atomic E-state index is 12.7. The predicted molar refractivity (Wildman–Crippen MR) is 67.4 cm³/mol. The average Bonchev–Trinajstić information content (AvgIpc) is 2.38. The summed E-state index contributed by atoms with van der Waals surface area (Å²) in [6.45, 7) is 1.21. The molecule has 1 N–H and O–H groups in total. The van der Waals surface area contributed by atoms with E-state index < -0.39 is 14.6 Å². The lowest BCUT2D eigenvalue weighted by atomic mass is 9.90. The normalized spacial score (nSPS) is 30.1. The molecule has 1 saturated heterocycles. The van der Waals surface area contributed by atoms with Gasteiger partial charge < -0.3 is 5.32 Å². The summed E-state index contributed by atoms with van der Waals surface area (Å²) in [4.78, 5) is 12.4. The minimum atomic E-state index is -3.42. The van der Waals surface area contributed by atoms with E-state index in [1.165, 1.54) is 0 Å². The number of hydrogen-bond donors (Lipinski definition) is 1. The monoisotopic (exact) mass is 265 g/mol. The first-order chi connectivity index (χ1) is 8.57. The second-order valence-electron chi connectivity index (χ2n) is 5.06. The third-order valence-corrected chi connectivity index (χ3v) is 6.53. The second-order valence-corrected chi connectivity index (χ2v) is 7.38. The Balaban J connectivity index is 2.21. The molecule has 1 spiro atoms. The van der Waals surface area contributed by atoms with Crippen molar-refractivity contribution in [1.29, 1.82) is 0 Å². The van der Waals surface area contributed by atoms with Crippen LogP contribution in [0.2, 0.25) is 0 Å². The van der Waals surface area contributed by atoms with Crippen LogP contribution in [0.15, 0.2) is 29.2 Å². The molecule has 96 valence electrons. The first-order valence-corrected chi connectivity index (χ1v) is 7.63. The Morgan fingerprint density at radius 3 is 2.72 bits per heavy atom. The van der Waals surface area contributed by atoms with Gasteiger partial charge in [-0.1, -0.05) is 18.2 Å². The van der Waals surface area contributed by atoms with Crippen molar-refractivity contribution in [2.45, 2.75) is 28.9 Å². The molecule has 0 bridgehead atoms. The van der Waals surface area contributed by atoms with E-state index in [4.69, 9.17) is 0 Å². The zero-order chi connectivity index (χ0) is 12.8. The molecule has 2 aliphatic heterocycles. The number of carbonyl (C=O) groups is 1. The fourth-order valence-corrected chi connectivity index (χ4v) is 5.19. The highest BCUT2D eigenvalue weighted by atomic mass is 32.2. The van der Waals surface area contributed by atoms with Gasteiger partial charge in [-0.3, -0.25) is 4.79 Å². The Kier molecular flexibility index (Phi) is 2.57. The number of carbonyl (C=O) groups excluding carboxylic acids is 1. The topological polar surface area (TPSA) is 63.2 Å². The van der Waals surface area contributed by atoms with Crippen LogP contribution >= 0.6 is 0 Å². The van der Waals surface area contributed by atoms with Crippen molar-refractivity contribution < 1.29 is 13.2 Å². The van der Waals surface area contributed by atoms with Gasteiger partial charge in [0.05, 0.1) is 9.64 Å². The van der Waals surface area contributed by atoms with E-state index in [1.54, 1.807) is 24.3 Å². The van der Waals surface area contributed by atoms with Crippen molar-refractivity contribution in [1.82, 2.24) is 5.32 Å². The van der Waals surface area contributed by atoms with Gasteiger partial charge in [-0.15, -0.1) is 0 Å². The summed E-state index contributed by atoms with van der Waals surface area (Å²) < 4.78 is 24.5. The number of rotatable bonds is 0. The molecular formula is C13H15NO3S. The van der Waals surface area contributed by atoms with Crippen LogP contribution in [-0.2, 0) is 9.84 Å². The fraction of sp³-hybridized carbons (Fsp3) is 0.462. The summed E-state index contributed by atoms with van der Waals surface area (Å²) in [5.41, 5.74) is 0.355. The lowest BCUT2D eigenvalue weighted by Gasteiger charge is -2.39. The van der Waals surface area contributed by atoms with E-state index in [0.29, 0.717) is 18.5 Å². The van der Waals surface area contributed by atoms with Gasteiger partial charge in [0.1, 0.15) is 0 Å². The van der Waals surface area contributed by atoms with Crippen molar-refractivity contribution in [2.24, 2.45) is 0 Å². The number of fused-ring (bicyclic) bond motifs is 1. The van der Waals surface area contributed by atoms with Crippen molar-refractivity contribution in [2.75, 3.05) is 13.1 Å². The Morgan fingerprint density at radius 1 is 1.22 bits per heavy atom. The quantitative estimate of drug-likeness (QED) is 0.765. The third-order valence-electron chi connectivity index (χ3n) is 3.96. The van der Waals surface area contributed by atoms with Gasteiger partial charge in [-0.05, 0) is 25.5 Å². The summed E-state index contributed by atoms with van der Waals surface area (Å²) in [5, 5.41) is 3.12. The molecule has 1 aromatic carbocycles. The molecule has 0 amide bonds. The van der Waals surface area contributed by atoms with E-state index in [9.17, 15) is 13.2 Å². The highest BCUT2D eigenvalue weighted by Crippen LogP contribution is 2.41. The van der Waals surface area contributed by atoms with Crippen LogP contribution in [0.4, 0.5) is 0 Å². The highest BCUT2D eigenvalue weighted by molar-refractivity contribution is 7.93. The molecule has 0 radical (unpaired) electrons.